The predicted octanol–water partition coefficient (Wildman–Crippen LogP) is 4.60. The molecule has 0 aliphatic carbocycles. The van der Waals surface area contributed by atoms with E-state index in [2.05, 4.69) is 13.0 Å². The van der Waals surface area contributed by atoms with Gasteiger partial charge in [-0.25, -0.2) is 0 Å². The van der Waals surface area contributed by atoms with Crippen LogP contribution in [-0.4, -0.2) is 18.6 Å². The largest absolute Gasteiger partial charge is 0.496 e. The van der Waals surface area contributed by atoms with Crippen molar-refractivity contribution in [2.24, 2.45) is 0 Å². The van der Waals surface area contributed by atoms with E-state index in [-0.39, 0.29) is 5.78 Å². The zero-order valence-corrected chi connectivity index (χ0v) is 13.7. The summed E-state index contributed by atoms with van der Waals surface area (Å²) in [4.78, 5) is 13.4. The van der Waals surface area contributed by atoms with E-state index in [1.165, 1.54) is 17.3 Å². The molecule has 0 fully saturated rings. The number of ketones is 1. The predicted molar refractivity (Wildman–Crippen MR) is 88.7 cm³/mol. The van der Waals surface area contributed by atoms with Crippen molar-refractivity contribution in [2.75, 3.05) is 12.9 Å². The molecule has 110 valence electrons. The van der Waals surface area contributed by atoms with Crippen molar-refractivity contribution in [3.8, 4) is 5.75 Å². The average molecular weight is 300 g/mol. The Hall–Kier alpha value is -1.74. The number of methoxy groups -OCH3 is 1. The van der Waals surface area contributed by atoms with Gasteiger partial charge in [0.2, 0.25) is 0 Å². The summed E-state index contributed by atoms with van der Waals surface area (Å²) < 4.78 is 5.31. The topological polar surface area (TPSA) is 26.3 Å². The standard InChI is InChI=1S/C18H20O2S/c1-12-9-14(3)15(10-13(12)2)16(19)11-21-18-8-6-5-7-17(18)20-4/h5-10H,11H2,1-4H3. The maximum atomic E-state index is 12.4. The number of para-hydroxylation sites is 1. The molecule has 2 aromatic carbocycles. The third-order valence-electron chi connectivity index (χ3n) is 3.57. The van der Waals surface area contributed by atoms with E-state index in [1.807, 2.05) is 44.2 Å². The van der Waals surface area contributed by atoms with Gasteiger partial charge in [-0.05, 0) is 55.7 Å². The van der Waals surface area contributed by atoms with Crippen LogP contribution in [0.1, 0.15) is 27.0 Å². The van der Waals surface area contributed by atoms with Crippen molar-refractivity contribution in [3.05, 3.63) is 58.7 Å². The quantitative estimate of drug-likeness (QED) is 0.596. The van der Waals surface area contributed by atoms with Crippen molar-refractivity contribution >= 4 is 17.5 Å². The molecule has 0 aromatic heterocycles. The Morgan fingerprint density at radius 3 is 2.43 bits per heavy atom. The lowest BCUT2D eigenvalue weighted by Crippen LogP contribution is -2.06. The summed E-state index contributed by atoms with van der Waals surface area (Å²) >= 11 is 1.52. The number of carbonyl (C=O) groups excluding carboxylic acids is 1. The molecule has 0 saturated carbocycles. The third kappa shape index (κ3) is 3.67. The van der Waals surface area contributed by atoms with Crippen LogP contribution in [0.4, 0.5) is 0 Å². The summed E-state index contributed by atoms with van der Waals surface area (Å²) in [5, 5.41) is 0. The summed E-state index contributed by atoms with van der Waals surface area (Å²) in [5.74, 6) is 1.39. The zero-order valence-electron chi connectivity index (χ0n) is 12.9. The molecule has 0 amide bonds. The number of hydrogen-bond acceptors (Lipinski definition) is 3. The van der Waals surface area contributed by atoms with Crippen molar-refractivity contribution in [2.45, 2.75) is 25.7 Å². The van der Waals surface area contributed by atoms with Gasteiger partial charge in [-0.2, -0.15) is 0 Å². The monoisotopic (exact) mass is 300 g/mol. The van der Waals surface area contributed by atoms with E-state index in [4.69, 9.17) is 4.74 Å². The molecule has 0 saturated heterocycles. The minimum atomic E-state index is 0.159. The Kier molecular flexibility index (Phi) is 5.07. The normalized spacial score (nSPS) is 10.5. The highest BCUT2D eigenvalue weighted by Crippen LogP contribution is 2.29. The number of ether oxygens (including phenoxy) is 1. The van der Waals surface area contributed by atoms with Crippen molar-refractivity contribution in [1.29, 1.82) is 0 Å². The molecule has 0 aliphatic heterocycles. The Morgan fingerprint density at radius 1 is 1.05 bits per heavy atom. The fourth-order valence-electron chi connectivity index (χ4n) is 2.22. The van der Waals surface area contributed by atoms with Gasteiger partial charge in [-0.1, -0.05) is 18.2 Å². The molecule has 0 bridgehead atoms. The molecule has 21 heavy (non-hydrogen) atoms. The van der Waals surface area contributed by atoms with Crippen LogP contribution in [0.25, 0.3) is 0 Å². The van der Waals surface area contributed by atoms with E-state index in [9.17, 15) is 4.79 Å². The fraction of sp³-hybridized carbons (Fsp3) is 0.278. The van der Waals surface area contributed by atoms with Crippen LogP contribution < -0.4 is 4.74 Å². The van der Waals surface area contributed by atoms with Gasteiger partial charge >= 0.3 is 0 Å². The van der Waals surface area contributed by atoms with Crippen molar-refractivity contribution in [1.82, 2.24) is 0 Å². The summed E-state index contributed by atoms with van der Waals surface area (Å²) in [6.07, 6.45) is 0. The summed E-state index contributed by atoms with van der Waals surface area (Å²) in [6, 6.07) is 11.8. The number of thioether (sulfide) groups is 1. The van der Waals surface area contributed by atoms with E-state index in [1.54, 1.807) is 7.11 Å². The van der Waals surface area contributed by atoms with Gasteiger partial charge in [0.25, 0.3) is 0 Å². The Labute approximate surface area is 130 Å². The second kappa shape index (κ2) is 6.81. The zero-order chi connectivity index (χ0) is 15.4. The van der Waals surface area contributed by atoms with Gasteiger partial charge in [0.05, 0.1) is 12.9 Å². The van der Waals surface area contributed by atoms with E-state index in [0.717, 1.165) is 27.3 Å². The van der Waals surface area contributed by atoms with Gasteiger partial charge < -0.3 is 4.74 Å². The molecule has 0 heterocycles. The minimum Gasteiger partial charge on any atom is -0.496 e. The molecule has 0 spiro atoms. The maximum Gasteiger partial charge on any atom is 0.173 e. The summed E-state index contributed by atoms with van der Waals surface area (Å²) in [7, 11) is 1.65. The highest BCUT2D eigenvalue weighted by molar-refractivity contribution is 8.00. The highest BCUT2D eigenvalue weighted by Gasteiger charge is 2.12. The van der Waals surface area contributed by atoms with Gasteiger partial charge in [0.15, 0.2) is 5.78 Å². The second-order valence-electron chi connectivity index (χ2n) is 5.11. The lowest BCUT2D eigenvalue weighted by molar-refractivity contribution is 0.102. The molecule has 2 rings (SSSR count). The summed E-state index contributed by atoms with van der Waals surface area (Å²) in [6.45, 7) is 6.10. The Balaban J connectivity index is 2.14. The summed E-state index contributed by atoms with van der Waals surface area (Å²) in [5.41, 5.74) is 4.25. The fourth-order valence-corrected chi connectivity index (χ4v) is 3.13. The third-order valence-corrected chi connectivity index (χ3v) is 4.62. The van der Waals surface area contributed by atoms with Crippen LogP contribution in [0, 0.1) is 20.8 Å². The SMILES string of the molecule is COc1ccccc1SCC(=O)c1cc(C)c(C)cc1C. The molecule has 0 atom stereocenters. The molecule has 2 nitrogen and oxygen atoms in total. The van der Waals surface area contributed by atoms with E-state index in [0.29, 0.717) is 5.75 Å². The minimum absolute atomic E-state index is 0.159. The van der Waals surface area contributed by atoms with Crippen molar-refractivity contribution < 1.29 is 9.53 Å². The molecule has 2 aromatic rings. The molecular weight excluding hydrogens is 280 g/mol. The Morgan fingerprint density at radius 2 is 1.71 bits per heavy atom. The first-order valence-corrected chi connectivity index (χ1v) is 7.88. The average Bonchev–Trinajstić information content (AvgIpc) is 2.48. The van der Waals surface area contributed by atoms with Gasteiger partial charge in [-0.3, -0.25) is 4.79 Å². The second-order valence-corrected chi connectivity index (χ2v) is 6.13. The number of rotatable bonds is 5. The van der Waals surface area contributed by atoms with Crippen molar-refractivity contribution in [3.63, 3.8) is 0 Å². The molecular formula is C18H20O2S. The van der Waals surface area contributed by atoms with E-state index >= 15 is 0 Å². The molecule has 0 N–H and O–H groups in total. The lowest BCUT2D eigenvalue weighted by atomic mass is 9.99. The lowest BCUT2D eigenvalue weighted by Gasteiger charge is -2.10. The first-order valence-electron chi connectivity index (χ1n) is 6.89. The number of carbonyl (C=O) groups is 1. The Bertz CT molecular complexity index is 662. The van der Waals surface area contributed by atoms with Crippen LogP contribution >= 0.6 is 11.8 Å². The number of Topliss-reactive ketones (excluding diaryl/α,β-unsaturated/α-hetero) is 1. The van der Waals surface area contributed by atoms with Crippen LogP contribution in [-0.2, 0) is 0 Å². The number of hydrogen-bond donors (Lipinski definition) is 0. The smallest absolute Gasteiger partial charge is 0.173 e. The van der Waals surface area contributed by atoms with Crippen LogP contribution in [0.2, 0.25) is 0 Å². The van der Waals surface area contributed by atoms with Crippen LogP contribution in [0.3, 0.4) is 0 Å². The molecule has 0 aliphatic rings. The number of benzene rings is 2. The first-order chi connectivity index (χ1) is 10.0. The highest BCUT2D eigenvalue weighted by atomic mass is 32.2. The van der Waals surface area contributed by atoms with Crippen LogP contribution in [0.5, 0.6) is 5.75 Å². The van der Waals surface area contributed by atoms with Gasteiger partial charge in [0.1, 0.15) is 5.75 Å². The molecule has 0 radical (unpaired) electrons. The maximum absolute atomic E-state index is 12.4. The number of aryl methyl sites for hydroxylation is 3. The van der Waals surface area contributed by atoms with Gasteiger partial charge in [0, 0.05) is 10.5 Å². The molecule has 3 heteroatoms. The molecule has 0 unspecified atom stereocenters. The van der Waals surface area contributed by atoms with E-state index < -0.39 is 0 Å². The van der Waals surface area contributed by atoms with Crippen LogP contribution in [0.15, 0.2) is 41.3 Å². The first kappa shape index (κ1) is 15.6. The van der Waals surface area contributed by atoms with Gasteiger partial charge in [-0.15, -0.1) is 11.8 Å².